The van der Waals surface area contributed by atoms with Gasteiger partial charge in [0.05, 0.1) is 0 Å². The molecule has 2 N–H and O–H groups in total. The first kappa shape index (κ1) is 12.4. The number of likely N-dealkylation sites (tertiary alicyclic amines) is 1. The zero-order valence-electron chi connectivity index (χ0n) is 11.0. The Hall–Kier alpha value is -0.0800. The number of piperidine rings is 1. The maximum absolute atomic E-state index is 6.03. The van der Waals surface area contributed by atoms with E-state index in [1.807, 2.05) is 0 Å². The van der Waals surface area contributed by atoms with Gasteiger partial charge >= 0.3 is 0 Å². The average Bonchev–Trinajstić information content (AvgIpc) is 2.72. The Morgan fingerprint density at radius 1 is 1.25 bits per heavy atom. The quantitative estimate of drug-likeness (QED) is 0.798. The summed E-state index contributed by atoms with van der Waals surface area (Å²) in [5, 5.41) is 0. The van der Waals surface area contributed by atoms with Gasteiger partial charge in [-0.3, -0.25) is 0 Å². The highest BCUT2D eigenvalue weighted by molar-refractivity contribution is 4.90. The molecule has 2 rings (SSSR count). The van der Waals surface area contributed by atoms with Crippen molar-refractivity contribution in [3.8, 4) is 0 Å². The van der Waals surface area contributed by atoms with Crippen molar-refractivity contribution in [3.05, 3.63) is 0 Å². The fourth-order valence-electron chi connectivity index (χ4n) is 3.67. The third-order valence-electron chi connectivity index (χ3n) is 4.91. The summed E-state index contributed by atoms with van der Waals surface area (Å²) in [4.78, 5) is 2.71. The van der Waals surface area contributed by atoms with E-state index in [2.05, 4.69) is 18.7 Å². The van der Waals surface area contributed by atoms with E-state index in [1.54, 1.807) is 0 Å². The van der Waals surface area contributed by atoms with Crippen molar-refractivity contribution in [2.24, 2.45) is 17.1 Å². The normalized spacial score (nSPS) is 35.4. The largest absolute Gasteiger partial charge is 0.330 e. The van der Waals surface area contributed by atoms with Crippen LogP contribution in [0.15, 0.2) is 0 Å². The van der Waals surface area contributed by atoms with E-state index in [0.29, 0.717) is 5.41 Å². The molecular weight excluding hydrogens is 196 g/mol. The minimum Gasteiger partial charge on any atom is -0.330 e. The third kappa shape index (κ3) is 2.60. The Kier molecular flexibility index (Phi) is 3.91. The molecule has 2 atom stereocenters. The van der Waals surface area contributed by atoms with Crippen LogP contribution in [-0.2, 0) is 0 Å². The molecule has 2 nitrogen and oxygen atoms in total. The highest BCUT2D eigenvalue weighted by Crippen LogP contribution is 2.39. The Morgan fingerprint density at radius 3 is 2.50 bits per heavy atom. The van der Waals surface area contributed by atoms with Gasteiger partial charge in [0.25, 0.3) is 0 Å². The van der Waals surface area contributed by atoms with Gasteiger partial charge in [-0.15, -0.1) is 0 Å². The van der Waals surface area contributed by atoms with Crippen LogP contribution in [0.5, 0.6) is 0 Å². The number of nitrogens with zero attached hydrogens (tertiary/aromatic N) is 1. The van der Waals surface area contributed by atoms with Gasteiger partial charge in [0.1, 0.15) is 0 Å². The molecule has 0 bridgehead atoms. The predicted molar refractivity (Wildman–Crippen MR) is 69.4 cm³/mol. The second-order valence-electron chi connectivity index (χ2n) is 6.36. The molecule has 1 heterocycles. The van der Waals surface area contributed by atoms with E-state index >= 15 is 0 Å². The maximum atomic E-state index is 6.03. The van der Waals surface area contributed by atoms with Gasteiger partial charge in [-0.1, -0.05) is 19.8 Å². The lowest BCUT2D eigenvalue weighted by Crippen LogP contribution is -2.48. The Morgan fingerprint density at radius 2 is 1.94 bits per heavy atom. The maximum Gasteiger partial charge on any atom is 0.00697 e. The van der Waals surface area contributed by atoms with Gasteiger partial charge in [0, 0.05) is 12.6 Å². The van der Waals surface area contributed by atoms with Crippen molar-refractivity contribution in [2.75, 3.05) is 19.6 Å². The Bertz CT molecular complexity index is 221. The number of rotatable bonds is 3. The molecule has 1 saturated heterocycles. The Balaban J connectivity index is 1.92. The zero-order chi connectivity index (χ0) is 11.6. The summed E-state index contributed by atoms with van der Waals surface area (Å²) in [6.45, 7) is 8.24. The predicted octanol–water partition coefficient (Wildman–Crippen LogP) is 2.63. The second kappa shape index (κ2) is 5.05. The molecule has 94 valence electrons. The highest BCUT2D eigenvalue weighted by Gasteiger charge is 2.36. The molecule has 16 heavy (non-hydrogen) atoms. The summed E-state index contributed by atoms with van der Waals surface area (Å²) in [6.07, 6.45) is 8.28. The van der Waals surface area contributed by atoms with E-state index in [0.717, 1.165) is 18.5 Å². The van der Waals surface area contributed by atoms with E-state index in [4.69, 9.17) is 5.73 Å². The molecule has 0 aromatic heterocycles. The van der Waals surface area contributed by atoms with E-state index in [-0.39, 0.29) is 0 Å². The monoisotopic (exact) mass is 224 g/mol. The summed E-state index contributed by atoms with van der Waals surface area (Å²) in [7, 11) is 0. The fourth-order valence-corrected chi connectivity index (χ4v) is 3.67. The average molecular weight is 224 g/mol. The zero-order valence-corrected chi connectivity index (χ0v) is 11.0. The van der Waals surface area contributed by atoms with Crippen LogP contribution >= 0.6 is 0 Å². The van der Waals surface area contributed by atoms with Crippen LogP contribution in [-0.4, -0.2) is 30.6 Å². The summed E-state index contributed by atoms with van der Waals surface area (Å²) < 4.78 is 0. The van der Waals surface area contributed by atoms with Crippen LogP contribution in [0.1, 0.15) is 52.4 Å². The van der Waals surface area contributed by atoms with Crippen molar-refractivity contribution >= 4 is 0 Å². The van der Waals surface area contributed by atoms with Gasteiger partial charge < -0.3 is 10.6 Å². The molecule has 0 amide bonds. The highest BCUT2D eigenvalue weighted by atomic mass is 15.2. The van der Waals surface area contributed by atoms with Crippen LogP contribution in [0, 0.1) is 11.3 Å². The van der Waals surface area contributed by atoms with Crippen molar-refractivity contribution in [3.63, 3.8) is 0 Å². The lowest BCUT2D eigenvalue weighted by atomic mass is 9.83. The molecule has 2 heteroatoms. The van der Waals surface area contributed by atoms with Crippen LogP contribution < -0.4 is 5.73 Å². The molecule has 0 spiro atoms. The van der Waals surface area contributed by atoms with Crippen LogP contribution in [0.3, 0.4) is 0 Å². The molecule has 2 unspecified atom stereocenters. The molecule has 0 aromatic carbocycles. The first-order valence-electron chi connectivity index (χ1n) is 7.09. The minimum absolute atomic E-state index is 0.467. The number of nitrogens with two attached hydrogens (primary N) is 1. The summed E-state index contributed by atoms with van der Waals surface area (Å²) in [5.41, 5.74) is 6.50. The molecule has 2 fully saturated rings. The molecule has 0 aromatic rings. The molecular formula is C14H28N2. The molecule has 0 radical (unpaired) electrons. The first-order chi connectivity index (χ1) is 7.65. The summed E-state index contributed by atoms with van der Waals surface area (Å²) >= 11 is 0. The van der Waals surface area contributed by atoms with Crippen LogP contribution in [0.2, 0.25) is 0 Å². The van der Waals surface area contributed by atoms with E-state index in [9.17, 15) is 0 Å². The van der Waals surface area contributed by atoms with Crippen LogP contribution in [0.25, 0.3) is 0 Å². The Labute approximate surface area is 101 Å². The smallest absolute Gasteiger partial charge is 0.00697 e. The third-order valence-corrected chi connectivity index (χ3v) is 4.91. The van der Waals surface area contributed by atoms with Crippen molar-refractivity contribution in [1.29, 1.82) is 0 Å². The standard InChI is InChI=1S/C14H28N2/c1-12-5-8-16(13(2)9-12)11-14(10-15)6-3-4-7-14/h12-13H,3-11,15H2,1-2H3. The van der Waals surface area contributed by atoms with E-state index in [1.165, 1.54) is 51.6 Å². The first-order valence-corrected chi connectivity index (χ1v) is 7.09. The molecule has 1 aliphatic carbocycles. The molecule has 2 aliphatic rings. The minimum atomic E-state index is 0.467. The van der Waals surface area contributed by atoms with Gasteiger partial charge in [-0.2, -0.15) is 0 Å². The summed E-state index contributed by atoms with van der Waals surface area (Å²) in [6, 6.07) is 0.771. The SMILES string of the molecule is CC1CCN(CC2(CN)CCCC2)C(C)C1. The second-order valence-corrected chi connectivity index (χ2v) is 6.36. The van der Waals surface area contributed by atoms with Gasteiger partial charge in [-0.25, -0.2) is 0 Å². The van der Waals surface area contributed by atoms with Gasteiger partial charge in [0.2, 0.25) is 0 Å². The van der Waals surface area contributed by atoms with Gasteiger partial charge in [0.15, 0.2) is 0 Å². The van der Waals surface area contributed by atoms with Gasteiger partial charge in [-0.05, 0) is 57.0 Å². The molecule has 1 saturated carbocycles. The number of hydrogen-bond acceptors (Lipinski definition) is 2. The molecule has 1 aliphatic heterocycles. The van der Waals surface area contributed by atoms with E-state index < -0.39 is 0 Å². The lowest BCUT2D eigenvalue weighted by molar-refractivity contribution is 0.0755. The van der Waals surface area contributed by atoms with Crippen molar-refractivity contribution in [2.45, 2.75) is 58.4 Å². The van der Waals surface area contributed by atoms with Crippen molar-refractivity contribution < 1.29 is 0 Å². The number of hydrogen-bond donors (Lipinski definition) is 1. The topological polar surface area (TPSA) is 29.3 Å². The van der Waals surface area contributed by atoms with Crippen molar-refractivity contribution in [1.82, 2.24) is 4.90 Å². The lowest BCUT2D eigenvalue weighted by Gasteiger charge is -2.42. The fraction of sp³-hybridized carbons (Fsp3) is 1.00. The van der Waals surface area contributed by atoms with Crippen LogP contribution in [0.4, 0.5) is 0 Å². The summed E-state index contributed by atoms with van der Waals surface area (Å²) in [5.74, 6) is 0.920.